The van der Waals surface area contributed by atoms with Crippen LogP contribution in [0.5, 0.6) is 0 Å². The topological polar surface area (TPSA) is 52.6 Å². The van der Waals surface area contributed by atoms with Gasteiger partial charge in [0, 0.05) is 0 Å². The Morgan fingerprint density at radius 1 is 0.605 bits per heavy atom. The number of hydrogen-bond acceptors (Lipinski definition) is 4. The van der Waals surface area contributed by atoms with Crippen molar-refractivity contribution in [3.63, 3.8) is 0 Å². The zero-order chi connectivity index (χ0) is 27.6. The Morgan fingerprint density at radius 2 is 1.11 bits per heavy atom. The molecule has 0 fully saturated rings. The van der Waals surface area contributed by atoms with Gasteiger partial charge >= 0.3 is 11.9 Å². The van der Waals surface area contributed by atoms with Crippen LogP contribution in [0.15, 0.2) is 107 Å². The van der Waals surface area contributed by atoms with Crippen molar-refractivity contribution in [3.8, 4) is 0 Å². The van der Waals surface area contributed by atoms with Gasteiger partial charge in [-0.05, 0) is 102 Å². The zero-order valence-corrected chi connectivity index (χ0v) is 23.4. The minimum atomic E-state index is -0.318. The monoisotopic (exact) mass is 514 g/mol. The first-order valence-electron chi connectivity index (χ1n) is 13.4. The lowest BCUT2D eigenvalue weighted by molar-refractivity contribution is 0.0532. The fourth-order valence-electron chi connectivity index (χ4n) is 3.77. The van der Waals surface area contributed by atoms with Gasteiger partial charge in [0.15, 0.2) is 0 Å². The highest BCUT2D eigenvalue weighted by molar-refractivity contribution is 5.89. The summed E-state index contributed by atoms with van der Waals surface area (Å²) in [5, 5.41) is 0. The van der Waals surface area contributed by atoms with Gasteiger partial charge in [-0.1, -0.05) is 71.3 Å². The molecule has 0 N–H and O–H groups in total. The van der Waals surface area contributed by atoms with E-state index in [1.165, 1.54) is 11.1 Å². The van der Waals surface area contributed by atoms with E-state index >= 15 is 0 Å². The number of carbonyl (C=O) groups excluding carboxylic acids is 2. The lowest BCUT2D eigenvalue weighted by Crippen LogP contribution is -2.08. The Balaban J connectivity index is 1.89. The second kappa shape index (κ2) is 17.7. The van der Waals surface area contributed by atoms with Gasteiger partial charge in [0.2, 0.25) is 0 Å². The van der Waals surface area contributed by atoms with Crippen LogP contribution < -0.4 is 0 Å². The molecule has 202 valence electrons. The van der Waals surface area contributed by atoms with Crippen LogP contribution >= 0.6 is 0 Å². The molecule has 0 saturated carbocycles. The minimum absolute atomic E-state index is 0.252. The average molecular weight is 515 g/mol. The van der Waals surface area contributed by atoms with Crippen LogP contribution in [0.3, 0.4) is 0 Å². The molecular weight excluding hydrogens is 472 g/mol. The number of carbonyl (C=O) groups is 2. The fourth-order valence-corrected chi connectivity index (χ4v) is 3.77. The van der Waals surface area contributed by atoms with Crippen molar-refractivity contribution < 1.29 is 19.1 Å². The van der Waals surface area contributed by atoms with E-state index in [0.717, 1.165) is 49.7 Å². The predicted molar refractivity (Wildman–Crippen MR) is 156 cm³/mol. The molecule has 0 radical (unpaired) electrons. The third kappa shape index (κ3) is 13.0. The summed E-state index contributed by atoms with van der Waals surface area (Å²) in [5.74, 6) is -0.623. The Morgan fingerprint density at radius 3 is 1.68 bits per heavy atom. The van der Waals surface area contributed by atoms with E-state index in [1.807, 2.05) is 49.4 Å². The average Bonchev–Trinajstić information content (AvgIpc) is 2.92. The predicted octanol–water partition coefficient (Wildman–Crippen LogP) is 8.83. The number of benzene rings is 2. The summed E-state index contributed by atoms with van der Waals surface area (Å²) in [6.45, 7) is 9.01. The highest BCUT2D eigenvalue weighted by atomic mass is 16.5. The largest absolute Gasteiger partial charge is 0.458 e. The second-order valence-corrected chi connectivity index (χ2v) is 9.77. The summed E-state index contributed by atoms with van der Waals surface area (Å²) < 4.78 is 11.0. The lowest BCUT2D eigenvalue weighted by Gasteiger charge is -2.10. The summed E-state index contributed by atoms with van der Waals surface area (Å²) in [7, 11) is 0. The number of hydrogen-bond donors (Lipinski definition) is 0. The molecule has 4 nitrogen and oxygen atoms in total. The van der Waals surface area contributed by atoms with Crippen molar-refractivity contribution in [2.45, 2.75) is 66.2 Å². The molecule has 2 rings (SSSR count). The fraction of sp³-hybridized carbons (Fsp3) is 0.353. The molecule has 4 heteroatoms. The van der Waals surface area contributed by atoms with Crippen molar-refractivity contribution >= 4 is 11.9 Å². The molecule has 0 amide bonds. The first kappa shape index (κ1) is 30.6. The van der Waals surface area contributed by atoms with Gasteiger partial charge in [-0.3, -0.25) is 0 Å². The standard InChI is InChI=1S/C34H42O4/c1-27(2)14-11-15-28(3)16-12-18-30(26-38-34(36)32-22-9-6-10-23-32)19-13-17-29(4)24-25-37-33(35)31-20-7-5-8-21-31/h5-10,14,16,19-24H,11-13,15,17-18,25-26H2,1-4H3/b28-16+,29-24+,30-19-. The molecule has 2 aromatic carbocycles. The van der Waals surface area contributed by atoms with Crippen LogP contribution in [0, 0.1) is 0 Å². The molecule has 0 aromatic heterocycles. The molecule has 0 spiro atoms. The molecule has 38 heavy (non-hydrogen) atoms. The van der Waals surface area contributed by atoms with Gasteiger partial charge in [-0.15, -0.1) is 0 Å². The van der Waals surface area contributed by atoms with Gasteiger partial charge in [0.05, 0.1) is 11.1 Å². The number of esters is 2. The van der Waals surface area contributed by atoms with E-state index in [-0.39, 0.29) is 25.2 Å². The quantitative estimate of drug-likeness (QED) is 0.176. The third-order valence-corrected chi connectivity index (χ3v) is 6.08. The van der Waals surface area contributed by atoms with E-state index in [2.05, 4.69) is 39.0 Å². The highest BCUT2D eigenvalue weighted by Gasteiger charge is 2.08. The number of allylic oxidation sites excluding steroid dienone is 6. The molecule has 0 aliphatic rings. The second-order valence-electron chi connectivity index (χ2n) is 9.77. The maximum atomic E-state index is 12.4. The van der Waals surface area contributed by atoms with E-state index in [1.54, 1.807) is 24.3 Å². The SMILES string of the molecule is CC(C)=CCC/C(C)=C/CC/C(=C/CC/C(C)=C/COC(=O)c1ccccc1)COC(=O)c1ccccc1. The van der Waals surface area contributed by atoms with Gasteiger partial charge in [0.25, 0.3) is 0 Å². The third-order valence-electron chi connectivity index (χ3n) is 6.08. The maximum Gasteiger partial charge on any atom is 0.338 e. The molecule has 0 heterocycles. The van der Waals surface area contributed by atoms with E-state index in [4.69, 9.17) is 9.47 Å². The van der Waals surface area contributed by atoms with Crippen LogP contribution in [-0.2, 0) is 9.47 Å². The Labute approximate surface area is 228 Å². The van der Waals surface area contributed by atoms with Crippen LogP contribution in [0.4, 0.5) is 0 Å². The van der Waals surface area contributed by atoms with Crippen molar-refractivity contribution in [1.82, 2.24) is 0 Å². The van der Waals surface area contributed by atoms with Crippen molar-refractivity contribution in [1.29, 1.82) is 0 Å². The smallest absolute Gasteiger partial charge is 0.338 e. The minimum Gasteiger partial charge on any atom is -0.458 e. The first-order valence-corrected chi connectivity index (χ1v) is 13.4. The molecule has 2 aromatic rings. The van der Waals surface area contributed by atoms with Crippen LogP contribution in [0.25, 0.3) is 0 Å². The molecule has 0 unspecified atom stereocenters. The summed E-state index contributed by atoms with van der Waals surface area (Å²) in [6, 6.07) is 18.1. The Kier molecular flexibility index (Phi) is 14.3. The molecular formula is C34H42O4. The van der Waals surface area contributed by atoms with Crippen molar-refractivity contribution in [3.05, 3.63) is 118 Å². The van der Waals surface area contributed by atoms with Crippen LogP contribution in [-0.4, -0.2) is 25.2 Å². The van der Waals surface area contributed by atoms with Crippen LogP contribution in [0.1, 0.15) is 86.9 Å². The number of rotatable bonds is 15. The summed E-state index contributed by atoms with van der Waals surface area (Å²) in [4.78, 5) is 24.5. The van der Waals surface area contributed by atoms with Gasteiger partial charge in [0.1, 0.15) is 13.2 Å². The summed E-state index contributed by atoms with van der Waals surface area (Å²) in [6.07, 6.45) is 14.2. The first-order chi connectivity index (χ1) is 18.3. The van der Waals surface area contributed by atoms with Gasteiger partial charge < -0.3 is 9.47 Å². The van der Waals surface area contributed by atoms with Crippen molar-refractivity contribution in [2.24, 2.45) is 0 Å². The number of ether oxygens (including phenoxy) is 2. The van der Waals surface area contributed by atoms with E-state index < -0.39 is 0 Å². The van der Waals surface area contributed by atoms with Crippen molar-refractivity contribution in [2.75, 3.05) is 13.2 Å². The normalized spacial score (nSPS) is 12.2. The Bertz CT molecular complexity index is 1120. The molecule has 0 atom stereocenters. The van der Waals surface area contributed by atoms with E-state index in [0.29, 0.717) is 11.1 Å². The van der Waals surface area contributed by atoms with E-state index in [9.17, 15) is 9.59 Å². The molecule has 0 aliphatic carbocycles. The lowest BCUT2D eigenvalue weighted by atomic mass is 10.0. The summed E-state index contributed by atoms with van der Waals surface area (Å²) >= 11 is 0. The molecule has 0 saturated heterocycles. The highest BCUT2D eigenvalue weighted by Crippen LogP contribution is 2.15. The van der Waals surface area contributed by atoms with Gasteiger partial charge in [-0.2, -0.15) is 0 Å². The van der Waals surface area contributed by atoms with Gasteiger partial charge in [-0.25, -0.2) is 9.59 Å². The molecule has 0 bridgehead atoms. The van der Waals surface area contributed by atoms with Crippen LogP contribution in [0.2, 0.25) is 0 Å². The molecule has 0 aliphatic heterocycles. The zero-order valence-electron chi connectivity index (χ0n) is 23.4. The summed E-state index contributed by atoms with van der Waals surface area (Å²) in [5.41, 5.74) is 6.11. The maximum absolute atomic E-state index is 12.4. The Hall–Kier alpha value is -3.66.